The molecule has 6 nitrogen and oxygen atoms in total. The fourth-order valence-corrected chi connectivity index (χ4v) is 3.25. The summed E-state index contributed by atoms with van der Waals surface area (Å²) in [7, 11) is 1.90. The summed E-state index contributed by atoms with van der Waals surface area (Å²) in [4.78, 5) is 30.6. The number of amides is 2. The minimum absolute atomic E-state index is 0.0974. The zero-order valence-electron chi connectivity index (χ0n) is 14.0. The lowest BCUT2D eigenvalue weighted by atomic mass is 9.85. The van der Waals surface area contributed by atoms with E-state index in [1.807, 2.05) is 36.2 Å². The molecular formula is C19H20N4O2. The first kappa shape index (κ1) is 15.6. The number of nitrogens with zero attached hydrogens (tertiary/aromatic N) is 2. The summed E-state index contributed by atoms with van der Waals surface area (Å²) >= 11 is 0. The molecule has 25 heavy (non-hydrogen) atoms. The Hall–Kier alpha value is -2.89. The van der Waals surface area contributed by atoms with Gasteiger partial charge in [-0.1, -0.05) is 18.6 Å². The first-order valence-electron chi connectivity index (χ1n) is 8.53. The van der Waals surface area contributed by atoms with Crippen molar-refractivity contribution in [2.24, 2.45) is 5.92 Å². The molecule has 2 aliphatic rings. The Morgan fingerprint density at radius 3 is 2.68 bits per heavy atom. The van der Waals surface area contributed by atoms with Crippen molar-refractivity contribution in [2.75, 3.05) is 17.3 Å². The van der Waals surface area contributed by atoms with Gasteiger partial charge in [-0.3, -0.25) is 9.59 Å². The van der Waals surface area contributed by atoms with E-state index in [0.29, 0.717) is 11.4 Å². The molecule has 1 aromatic heterocycles. The maximum Gasteiger partial charge on any atom is 0.256 e. The van der Waals surface area contributed by atoms with E-state index < -0.39 is 0 Å². The van der Waals surface area contributed by atoms with Gasteiger partial charge < -0.3 is 15.5 Å². The predicted molar refractivity (Wildman–Crippen MR) is 95.3 cm³/mol. The smallest absolute Gasteiger partial charge is 0.256 e. The Kier molecular flexibility index (Phi) is 3.87. The van der Waals surface area contributed by atoms with Gasteiger partial charge in [-0.2, -0.15) is 0 Å². The van der Waals surface area contributed by atoms with Crippen molar-refractivity contribution in [3.8, 4) is 0 Å². The van der Waals surface area contributed by atoms with Crippen LogP contribution in [-0.4, -0.2) is 23.8 Å². The summed E-state index contributed by atoms with van der Waals surface area (Å²) in [5.41, 5.74) is 2.29. The molecule has 1 fully saturated rings. The number of aromatic nitrogens is 1. The van der Waals surface area contributed by atoms with Gasteiger partial charge in [0.2, 0.25) is 5.91 Å². The van der Waals surface area contributed by atoms with E-state index in [9.17, 15) is 9.59 Å². The van der Waals surface area contributed by atoms with Gasteiger partial charge >= 0.3 is 0 Å². The van der Waals surface area contributed by atoms with Gasteiger partial charge in [0.15, 0.2) is 0 Å². The van der Waals surface area contributed by atoms with Gasteiger partial charge in [-0.25, -0.2) is 4.98 Å². The van der Waals surface area contributed by atoms with Crippen LogP contribution in [0.2, 0.25) is 0 Å². The van der Waals surface area contributed by atoms with Crippen LogP contribution in [0.15, 0.2) is 42.6 Å². The number of hydrogen-bond acceptors (Lipinski definition) is 4. The van der Waals surface area contributed by atoms with E-state index in [-0.39, 0.29) is 23.9 Å². The minimum Gasteiger partial charge on any atom is -0.335 e. The molecule has 0 bridgehead atoms. The standard InChI is InChI=1S/C19H20N4O2/c1-23-16(22-19(25)15-6-3-11-20-17(15)23)12-7-9-14(10-8-12)21-18(24)13-4-2-5-13/h3,6-11,13,16H,2,4-5H2,1H3,(H,21,24)(H,22,25)/t16-/m1/s1. The van der Waals surface area contributed by atoms with E-state index in [4.69, 9.17) is 0 Å². The van der Waals surface area contributed by atoms with Crippen LogP contribution >= 0.6 is 0 Å². The highest BCUT2D eigenvalue weighted by Gasteiger charge is 2.30. The van der Waals surface area contributed by atoms with Gasteiger partial charge in [0.05, 0.1) is 5.56 Å². The van der Waals surface area contributed by atoms with Crippen molar-refractivity contribution < 1.29 is 9.59 Å². The largest absolute Gasteiger partial charge is 0.335 e. The Labute approximate surface area is 146 Å². The number of benzene rings is 1. The maximum atomic E-state index is 12.3. The number of carbonyl (C=O) groups excluding carboxylic acids is 2. The minimum atomic E-state index is -0.286. The van der Waals surface area contributed by atoms with Crippen molar-refractivity contribution in [1.29, 1.82) is 0 Å². The maximum absolute atomic E-state index is 12.3. The Morgan fingerprint density at radius 1 is 1.24 bits per heavy atom. The lowest BCUT2D eigenvalue weighted by Gasteiger charge is -2.35. The van der Waals surface area contributed by atoms with Crippen LogP contribution in [0.1, 0.15) is 41.3 Å². The summed E-state index contributed by atoms with van der Waals surface area (Å²) in [5.74, 6) is 0.790. The van der Waals surface area contributed by atoms with Crippen LogP contribution < -0.4 is 15.5 Å². The Morgan fingerprint density at radius 2 is 2.00 bits per heavy atom. The lowest BCUT2D eigenvalue weighted by Crippen LogP contribution is -2.45. The van der Waals surface area contributed by atoms with Crippen molar-refractivity contribution >= 4 is 23.3 Å². The van der Waals surface area contributed by atoms with Crippen molar-refractivity contribution in [1.82, 2.24) is 10.3 Å². The second-order valence-corrected chi connectivity index (χ2v) is 6.60. The van der Waals surface area contributed by atoms with Crippen molar-refractivity contribution in [3.05, 3.63) is 53.7 Å². The molecule has 1 aliphatic carbocycles. The van der Waals surface area contributed by atoms with E-state index in [1.54, 1.807) is 18.3 Å². The average Bonchev–Trinajstić information content (AvgIpc) is 2.57. The fourth-order valence-electron chi connectivity index (χ4n) is 3.25. The normalized spacial score (nSPS) is 19.6. The quantitative estimate of drug-likeness (QED) is 0.904. The van der Waals surface area contributed by atoms with E-state index in [0.717, 1.165) is 30.5 Å². The van der Waals surface area contributed by atoms with Crippen molar-refractivity contribution in [2.45, 2.75) is 25.4 Å². The van der Waals surface area contributed by atoms with E-state index in [2.05, 4.69) is 15.6 Å². The summed E-state index contributed by atoms with van der Waals surface area (Å²) < 4.78 is 0. The van der Waals surface area contributed by atoms with E-state index >= 15 is 0 Å². The number of rotatable bonds is 3. The monoisotopic (exact) mass is 336 g/mol. The molecule has 2 N–H and O–H groups in total. The molecule has 0 spiro atoms. The molecule has 4 rings (SSSR count). The third-order valence-corrected chi connectivity index (χ3v) is 4.99. The second-order valence-electron chi connectivity index (χ2n) is 6.60. The van der Waals surface area contributed by atoms with Crippen LogP contribution in [-0.2, 0) is 4.79 Å². The van der Waals surface area contributed by atoms with Crippen molar-refractivity contribution in [3.63, 3.8) is 0 Å². The molecule has 2 heterocycles. The van der Waals surface area contributed by atoms with Gasteiger partial charge in [0.25, 0.3) is 5.91 Å². The first-order valence-corrected chi connectivity index (χ1v) is 8.53. The van der Waals surface area contributed by atoms with Gasteiger partial charge in [0.1, 0.15) is 12.0 Å². The number of hydrogen-bond donors (Lipinski definition) is 2. The highest BCUT2D eigenvalue weighted by Crippen LogP contribution is 2.31. The number of pyridine rings is 1. The number of fused-ring (bicyclic) bond motifs is 1. The third-order valence-electron chi connectivity index (χ3n) is 4.99. The molecule has 1 saturated carbocycles. The molecule has 2 aromatic rings. The summed E-state index contributed by atoms with van der Waals surface area (Å²) in [5, 5.41) is 5.95. The second kappa shape index (κ2) is 6.20. The van der Waals surface area contributed by atoms with Crippen LogP contribution in [0.5, 0.6) is 0 Å². The fraction of sp³-hybridized carbons (Fsp3) is 0.316. The van der Waals surface area contributed by atoms with Crippen LogP contribution in [0.25, 0.3) is 0 Å². The Bertz CT molecular complexity index is 814. The highest BCUT2D eigenvalue weighted by atomic mass is 16.2. The number of carbonyl (C=O) groups is 2. The van der Waals surface area contributed by atoms with Crippen LogP contribution in [0.4, 0.5) is 11.5 Å². The molecule has 2 amide bonds. The molecule has 1 aromatic carbocycles. The lowest BCUT2D eigenvalue weighted by molar-refractivity contribution is -0.122. The average molecular weight is 336 g/mol. The topological polar surface area (TPSA) is 74.3 Å². The first-order chi connectivity index (χ1) is 12.1. The van der Waals surface area contributed by atoms with Gasteiger partial charge in [-0.05, 0) is 42.7 Å². The third kappa shape index (κ3) is 2.84. The summed E-state index contributed by atoms with van der Waals surface area (Å²) in [6.07, 6.45) is 4.50. The summed E-state index contributed by atoms with van der Waals surface area (Å²) in [6, 6.07) is 11.1. The number of anilines is 2. The molecule has 1 atom stereocenters. The van der Waals surface area contributed by atoms with Gasteiger partial charge in [-0.15, -0.1) is 0 Å². The highest BCUT2D eigenvalue weighted by molar-refractivity contribution is 6.01. The summed E-state index contributed by atoms with van der Waals surface area (Å²) in [6.45, 7) is 0. The van der Waals surface area contributed by atoms with Crippen LogP contribution in [0.3, 0.4) is 0 Å². The van der Waals surface area contributed by atoms with Crippen LogP contribution in [0, 0.1) is 5.92 Å². The Balaban J connectivity index is 1.52. The van der Waals surface area contributed by atoms with Gasteiger partial charge in [0, 0.05) is 24.8 Å². The molecule has 1 aliphatic heterocycles. The zero-order chi connectivity index (χ0) is 17.4. The predicted octanol–water partition coefficient (Wildman–Crippen LogP) is 2.70. The number of nitrogens with one attached hydrogen (secondary N) is 2. The zero-order valence-corrected chi connectivity index (χ0v) is 14.0. The van der Waals surface area contributed by atoms with E-state index in [1.165, 1.54) is 0 Å². The molecule has 0 unspecified atom stereocenters. The molecule has 0 saturated heterocycles. The molecule has 128 valence electrons. The molecule has 6 heteroatoms. The molecular weight excluding hydrogens is 316 g/mol. The molecule has 0 radical (unpaired) electrons. The SMILES string of the molecule is CN1c2ncccc2C(=O)N[C@H]1c1ccc(NC(=O)C2CCC2)cc1.